The summed E-state index contributed by atoms with van der Waals surface area (Å²) in [5.74, 6) is -0.470. The molecule has 1 aliphatic rings. The van der Waals surface area contributed by atoms with E-state index in [4.69, 9.17) is 0 Å². The quantitative estimate of drug-likeness (QED) is 0.0699. The Morgan fingerprint density at radius 3 is 1.92 bits per heavy atom. The van der Waals surface area contributed by atoms with Crippen LogP contribution in [0.25, 0.3) is 0 Å². The highest BCUT2D eigenvalue weighted by atomic mass is 16.5. The Morgan fingerprint density at radius 1 is 0.842 bits per heavy atom. The van der Waals surface area contributed by atoms with Gasteiger partial charge in [-0.25, -0.2) is 5.06 Å². The first-order valence-corrected chi connectivity index (χ1v) is 15.9. The van der Waals surface area contributed by atoms with E-state index in [1.54, 1.807) is 6.08 Å². The van der Waals surface area contributed by atoms with Gasteiger partial charge in [-0.1, -0.05) is 134 Å². The van der Waals surface area contributed by atoms with Crippen LogP contribution >= 0.6 is 0 Å². The van der Waals surface area contributed by atoms with Gasteiger partial charge in [0, 0.05) is 24.6 Å². The van der Waals surface area contributed by atoms with Crippen molar-refractivity contribution < 1.29 is 20.2 Å². The van der Waals surface area contributed by atoms with Crippen LogP contribution < -0.4 is 0 Å². The summed E-state index contributed by atoms with van der Waals surface area (Å²) in [4.78, 5) is 12.9. The maximum Gasteiger partial charge on any atom is 0.277 e. The average Bonchev–Trinajstić information content (AvgIpc) is 2.90. The standard InChI is InChI=1S/C33H59NO4/c1-3-4-5-6-7-8-10-13-18-23-30(36)24-19-14-11-9-12-17-22-27-34(38)33(37)32-26-21-16-15-20-25-31(32)29(2)28-35/h15-16,21,26,29-30,35-36,38H,3-14,17-20,22-25,27-28H2,1-2H3/b16-15+,26-21-,32-31-. The van der Waals surface area contributed by atoms with Gasteiger partial charge in [0.05, 0.1) is 6.10 Å². The molecule has 0 saturated heterocycles. The van der Waals surface area contributed by atoms with Gasteiger partial charge < -0.3 is 10.2 Å². The number of unbranched alkanes of at least 4 members (excludes halogenated alkanes) is 14. The van der Waals surface area contributed by atoms with E-state index < -0.39 is 0 Å². The molecule has 0 saturated carbocycles. The number of aliphatic hydroxyl groups excluding tert-OH is 2. The molecule has 0 heterocycles. The molecule has 3 N–H and O–H groups in total. The Kier molecular flexibility index (Phi) is 21.4. The minimum Gasteiger partial charge on any atom is -0.396 e. The molecular weight excluding hydrogens is 474 g/mol. The molecule has 1 rings (SSSR count). The predicted molar refractivity (Wildman–Crippen MR) is 159 cm³/mol. The Bertz CT molecular complexity index is 684. The first-order chi connectivity index (χ1) is 18.5. The summed E-state index contributed by atoms with van der Waals surface area (Å²) < 4.78 is 0. The van der Waals surface area contributed by atoms with Crippen molar-refractivity contribution in [3.8, 4) is 0 Å². The van der Waals surface area contributed by atoms with E-state index >= 15 is 0 Å². The second-order valence-electron chi connectivity index (χ2n) is 11.3. The van der Waals surface area contributed by atoms with Crippen LogP contribution in [0.1, 0.15) is 142 Å². The molecule has 2 atom stereocenters. The summed E-state index contributed by atoms with van der Waals surface area (Å²) in [6.45, 7) is 4.50. The highest BCUT2D eigenvalue weighted by Crippen LogP contribution is 2.25. The molecule has 1 aliphatic carbocycles. The predicted octanol–water partition coefficient (Wildman–Crippen LogP) is 8.44. The molecule has 0 aromatic carbocycles. The monoisotopic (exact) mass is 533 g/mol. The van der Waals surface area contributed by atoms with Crippen molar-refractivity contribution in [2.24, 2.45) is 5.92 Å². The van der Waals surface area contributed by atoms with Crippen LogP contribution in [0, 0.1) is 5.92 Å². The third-order valence-electron chi connectivity index (χ3n) is 7.82. The zero-order valence-electron chi connectivity index (χ0n) is 24.7. The number of rotatable bonds is 23. The van der Waals surface area contributed by atoms with Gasteiger partial charge in [-0.2, -0.15) is 0 Å². The van der Waals surface area contributed by atoms with Gasteiger partial charge >= 0.3 is 0 Å². The van der Waals surface area contributed by atoms with Crippen molar-refractivity contribution in [3.63, 3.8) is 0 Å². The van der Waals surface area contributed by atoms with Crippen molar-refractivity contribution in [3.05, 3.63) is 35.5 Å². The molecule has 0 fully saturated rings. The number of carbonyl (C=O) groups is 1. The fourth-order valence-electron chi connectivity index (χ4n) is 5.24. The van der Waals surface area contributed by atoms with E-state index in [0.29, 0.717) is 18.5 Å². The molecule has 0 spiro atoms. The first-order valence-electron chi connectivity index (χ1n) is 15.9. The molecule has 5 heteroatoms. The number of carbonyl (C=O) groups excluding carboxylic acids is 1. The van der Waals surface area contributed by atoms with Crippen LogP contribution in [0.15, 0.2) is 35.5 Å². The number of nitrogens with zero attached hydrogens (tertiary/aromatic N) is 1. The number of hydrogen-bond donors (Lipinski definition) is 3. The maximum absolute atomic E-state index is 12.9. The number of aliphatic hydroxyl groups is 2. The minimum atomic E-state index is -0.368. The molecule has 0 bridgehead atoms. The summed E-state index contributed by atoms with van der Waals surface area (Å²) in [6.07, 6.45) is 30.3. The largest absolute Gasteiger partial charge is 0.396 e. The van der Waals surface area contributed by atoms with Crippen LogP contribution in [0.2, 0.25) is 0 Å². The van der Waals surface area contributed by atoms with Gasteiger partial charge in [-0.15, -0.1) is 0 Å². The summed E-state index contributed by atoms with van der Waals surface area (Å²) in [5, 5.41) is 31.1. The SMILES string of the molecule is CCCCCCCCCCCC(O)CCCCCCCCCN(O)C(=O)C1=C(\C(C)CO)CC/C=C/C=C\1. The second-order valence-corrected chi connectivity index (χ2v) is 11.3. The number of hydrogen-bond acceptors (Lipinski definition) is 4. The Hall–Kier alpha value is -1.43. The number of allylic oxidation sites excluding steroid dienone is 3. The third kappa shape index (κ3) is 16.5. The summed E-state index contributed by atoms with van der Waals surface area (Å²) in [7, 11) is 0. The smallest absolute Gasteiger partial charge is 0.277 e. The van der Waals surface area contributed by atoms with Crippen LogP contribution in [-0.4, -0.2) is 45.6 Å². The van der Waals surface area contributed by atoms with Gasteiger partial charge in [0.1, 0.15) is 0 Å². The average molecular weight is 534 g/mol. The van der Waals surface area contributed by atoms with Crippen molar-refractivity contribution in [2.75, 3.05) is 13.2 Å². The third-order valence-corrected chi connectivity index (χ3v) is 7.82. The van der Waals surface area contributed by atoms with E-state index in [1.807, 2.05) is 19.1 Å². The van der Waals surface area contributed by atoms with Crippen LogP contribution in [0.4, 0.5) is 0 Å². The fraction of sp³-hybridized carbons (Fsp3) is 0.788. The van der Waals surface area contributed by atoms with Crippen LogP contribution in [0.3, 0.4) is 0 Å². The lowest BCUT2D eigenvalue weighted by Crippen LogP contribution is -2.31. The molecule has 0 aromatic rings. The molecule has 220 valence electrons. The Morgan fingerprint density at radius 2 is 1.37 bits per heavy atom. The Labute approximate surface area is 234 Å². The van der Waals surface area contributed by atoms with Gasteiger partial charge in [-0.05, 0) is 38.2 Å². The summed E-state index contributed by atoms with van der Waals surface area (Å²) >= 11 is 0. The van der Waals surface area contributed by atoms with Crippen molar-refractivity contribution in [2.45, 2.75) is 148 Å². The van der Waals surface area contributed by atoms with Crippen LogP contribution in [-0.2, 0) is 4.79 Å². The van der Waals surface area contributed by atoms with Crippen molar-refractivity contribution in [1.82, 2.24) is 5.06 Å². The van der Waals surface area contributed by atoms with E-state index in [1.165, 1.54) is 64.2 Å². The molecule has 0 aliphatic heterocycles. The summed E-state index contributed by atoms with van der Waals surface area (Å²) in [5.41, 5.74) is 1.42. The molecule has 38 heavy (non-hydrogen) atoms. The van der Waals surface area contributed by atoms with E-state index in [0.717, 1.165) is 68.4 Å². The van der Waals surface area contributed by atoms with Gasteiger partial charge in [0.2, 0.25) is 0 Å². The minimum absolute atomic E-state index is 0.00658. The lowest BCUT2D eigenvalue weighted by Gasteiger charge is -2.21. The van der Waals surface area contributed by atoms with Gasteiger partial charge in [-0.3, -0.25) is 10.0 Å². The zero-order valence-corrected chi connectivity index (χ0v) is 24.7. The lowest BCUT2D eigenvalue weighted by atomic mass is 9.90. The normalized spacial score (nSPS) is 19.0. The van der Waals surface area contributed by atoms with Crippen LogP contribution in [0.5, 0.6) is 0 Å². The molecule has 5 nitrogen and oxygen atoms in total. The van der Waals surface area contributed by atoms with Crippen molar-refractivity contribution in [1.29, 1.82) is 0 Å². The van der Waals surface area contributed by atoms with Crippen molar-refractivity contribution >= 4 is 5.91 Å². The highest BCUT2D eigenvalue weighted by molar-refractivity contribution is 5.96. The van der Waals surface area contributed by atoms with Gasteiger partial charge in [0.15, 0.2) is 0 Å². The fourth-order valence-corrected chi connectivity index (χ4v) is 5.24. The van der Waals surface area contributed by atoms with E-state index in [2.05, 4.69) is 13.0 Å². The molecule has 0 radical (unpaired) electrons. The molecule has 1 amide bonds. The number of amides is 1. The number of hydroxylamine groups is 2. The zero-order chi connectivity index (χ0) is 27.8. The van der Waals surface area contributed by atoms with Gasteiger partial charge in [0.25, 0.3) is 5.91 Å². The Balaban J connectivity index is 2.07. The summed E-state index contributed by atoms with van der Waals surface area (Å²) in [6, 6.07) is 0. The van der Waals surface area contributed by atoms with E-state index in [9.17, 15) is 20.2 Å². The molecular formula is C33H59NO4. The molecule has 2 unspecified atom stereocenters. The molecule has 0 aromatic heterocycles. The highest BCUT2D eigenvalue weighted by Gasteiger charge is 2.21. The van der Waals surface area contributed by atoms with E-state index in [-0.39, 0.29) is 24.5 Å². The maximum atomic E-state index is 12.9. The second kappa shape index (κ2) is 23.5. The first kappa shape index (κ1) is 34.6. The topological polar surface area (TPSA) is 81.0 Å². The lowest BCUT2D eigenvalue weighted by molar-refractivity contribution is -0.160.